The summed E-state index contributed by atoms with van der Waals surface area (Å²) in [6.07, 6.45) is 1.01. The number of piperidine rings is 1. The minimum atomic E-state index is -0.416. The lowest BCUT2D eigenvalue weighted by Crippen LogP contribution is -2.42. The molecule has 2 unspecified atom stereocenters. The molecule has 1 fully saturated rings. The van der Waals surface area contributed by atoms with E-state index in [0.717, 1.165) is 19.5 Å². The fourth-order valence-electron chi connectivity index (χ4n) is 2.01. The van der Waals surface area contributed by atoms with Gasteiger partial charge in [-0.1, -0.05) is 22.9 Å². The van der Waals surface area contributed by atoms with Gasteiger partial charge < -0.3 is 10.1 Å². The Morgan fingerprint density at radius 1 is 1.56 bits per heavy atom. The zero-order valence-corrected chi connectivity index (χ0v) is 11.6. The summed E-state index contributed by atoms with van der Waals surface area (Å²) in [5.41, 5.74) is 0.00199. The van der Waals surface area contributed by atoms with E-state index in [1.807, 2.05) is 0 Å². The molecule has 1 N–H and O–H groups in total. The summed E-state index contributed by atoms with van der Waals surface area (Å²) >= 11 is 3.23. The van der Waals surface area contributed by atoms with Crippen LogP contribution in [0.5, 0.6) is 5.75 Å². The molecule has 18 heavy (non-hydrogen) atoms. The number of hydrogen-bond donors (Lipinski definition) is 1. The maximum absolute atomic E-state index is 11.0. The van der Waals surface area contributed by atoms with E-state index in [1.54, 1.807) is 12.1 Å². The zero-order valence-electron chi connectivity index (χ0n) is 10.1. The molecule has 1 heterocycles. The van der Waals surface area contributed by atoms with Gasteiger partial charge in [0, 0.05) is 17.1 Å². The summed E-state index contributed by atoms with van der Waals surface area (Å²) in [4.78, 5) is 10.6. The molecule has 1 aromatic rings. The van der Waals surface area contributed by atoms with Gasteiger partial charge >= 0.3 is 5.69 Å². The van der Waals surface area contributed by atoms with E-state index in [9.17, 15) is 10.1 Å². The zero-order chi connectivity index (χ0) is 13.1. The Balaban J connectivity index is 2.20. The molecule has 2 rings (SSSR count). The van der Waals surface area contributed by atoms with Crippen molar-refractivity contribution in [1.29, 1.82) is 0 Å². The quantitative estimate of drug-likeness (QED) is 0.688. The fraction of sp³-hybridized carbons (Fsp3) is 0.500. The van der Waals surface area contributed by atoms with E-state index in [2.05, 4.69) is 28.2 Å². The first-order chi connectivity index (χ1) is 8.58. The topological polar surface area (TPSA) is 64.4 Å². The highest BCUT2D eigenvalue weighted by atomic mass is 79.9. The lowest BCUT2D eigenvalue weighted by molar-refractivity contribution is -0.386. The van der Waals surface area contributed by atoms with Crippen LogP contribution < -0.4 is 10.1 Å². The minimum Gasteiger partial charge on any atom is -0.482 e. The first kappa shape index (κ1) is 13.3. The first-order valence-electron chi connectivity index (χ1n) is 5.89. The van der Waals surface area contributed by atoms with Gasteiger partial charge in [0.15, 0.2) is 5.75 Å². The Bertz CT molecular complexity index is 453. The van der Waals surface area contributed by atoms with E-state index in [1.165, 1.54) is 6.07 Å². The lowest BCUT2D eigenvalue weighted by Gasteiger charge is -2.29. The Labute approximate surface area is 114 Å². The molecule has 1 aliphatic rings. The molecule has 98 valence electrons. The minimum absolute atomic E-state index is 0.00199. The summed E-state index contributed by atoms with van der Waals surface area (Å²) in [5.74, 6) is 0.734. The molecule has 0 saturated carbocycles. The fourth-order valence-corrected chi connectivity index (χ4v) is 2.36. The normalized spacial score (nSPS) is 23.7. The third-order valence-electron chi connectivity index (χ3n) is 3.15. The van der Waals surface area contributed by atoms with Crippen LogP contribution in [0.25, 0.3) is 0 Å². The molecule has 0 aliphatic carbocycles. The van der Waals surface area contributed by atoms with Gasteiger partial charge in [-0.3, -0.25) is 10.1 Å². The molecule has 2 atom stereocenters. The van der Waals surface area contributed by atoms with Crippen molar-refractivity contribution < 1.29 is 9.66 Å². The van der Waals surface area contributed by atoms with Crippen molar-refractivity contribution >= 4 is 21.6 Å². The molecule has 1 aliphatic heterocycles. The molecule has 0 aromatic heterocycles. The standard InChI is InChI=1S/C12H15BrN2O3/c1-8-4-5-14-7-12(8)18-11-3-2-9(13)6-10(11)15(16)17/h2-3,6,8,12,14H,4-5,7H2,1H3. The van der Waals surface area contributed by atoms with Crippen LogP contribution in [-0.2, 0) is 0 Å². The molecule has 0 radical (unpaired) electrons. The Kier molecular flexibility index (Phi) is 4.19. The molecule has 6 heteroatoms. The van der Waals surface area contributed by atoms with Crippen molar-refractivity contribution in [3.63, 3.8) is 0 Å². The van der Waals surface area contributed by atoms with E-state index in [0.29, 0.717) is 16.1 Å². The van der Waals surface area contributed by atoms with E-state index >= 15 is 0 Å². The molecule has 1 saturated heterocycles. The third-order valence-corrected chi connectivity index (χ3v) is 3.65. The number of hydrogen-bond acceptors (Lipinski definition) is 4. The Hall–Kier alpha value is -1.14. The number of ether oxygens (including phenoxy) is 1. The highest BCUT2D eigenvalue weighted by molar-refractivity contribution is 9.10. The van der Waals surface area contributed by atoms with Crippen molar-refractivity contribution in [1.82, 2.24) is 5.32 Å². The van der Waals surface area contributed by atoms with E-state index in [4.69, 9.17) is 4.74 Å². The van der Waals surface area contributed by atoms with Gasteiger partial charge in [-0.25, -0.2) is 0 Å². The van der Waals surface area contributed by atoms with Gasteiger partial charge in [-0.2, -0.15) is 0 Å². The average molecular weight is 315 g/mol. The third kappa shape index (κ3) is 3.00. The first-order valence-corrected chi connectivity index (χ1v) is 6.68. The average Bonchev–Trinajstić information content (AvgIpc) is 2.34. The van der Waals surface area contributed by atoms with Crippen LogP contribution >= 0.6 is 15.9 Å². The number of nitro groups is 1. The van der Waals surface area contributed by atoms with Crippen LogP contribution in [0.15, 0.2) is 22.7 Å². The number of nitrogens with zero attached hydrogens (tertiary/aromatic N) is 1. The van der Waals surface area contributed by atoms with Gasteiger partial charge in [0.2, 0.25) is 0 Å². The summed E-state index contributed by atoms with van der Waals surface area (Å²) in [6.45, 7) is 3.81. The van der Waals surface area contributed by atoms with Gasteiger partial charge in [0.25, 0.3) is 0 Å². The molecule has 0 spiro atoms. The molecular weight excluding hydrogens is 300 g/mol. The number of nitrogens with one attached hydrogen (secondary N) is 1. The molecule has 5 nitrogen and oxygen atoms in total. The maximum atomic E-state index is 11.0. The van der Waals surface area contributed by atoms with Gasteiger partial charge in [0.05, 0.1) is 4.92 Å². The molecule has 1 aromatic carbocycles. The SMILES string of the molecule is CC1CCNCC1Oc1ccc(Br)cc1[N+](=O)[O-]. The number of halogens is 1. The van der Waals surface area contributed by atoms with Crippen LogP contribution in [0.2, 0.25) is 0 Å². The largest absolute Gasteiger partial charge is 0.482 e. The predicted octanol–water partition coefficient (Wildman–Crippen LogP) is 2.73. The molecule has 0 amide bonds. The maximum Gasteiger partial charge on any atom is 0.312 e. The van der Waals surface area contributed by atoms with Crippen molar-refractivity contribution in [2.75, 3.05) is 13.1 Å². The number of nitro benzene ring substituents is 1. The second kappa shape index (κ2) is 5.67. The van der Waals surface area contributed by atoms with Crippen LogP contribution in [0.4, 0.5) is 5.69 Å². The second-order valence-electron chi connectivity index (χ2n) is 4.50. The van der Waals surface area contributed by atoms with Crippen molar-refractivity contribution in [2.45, 2.75) is 19.4 Å². The van der Waals surface area contributed by atoms with Gasteiger partial charge in [0.1, 0.15) is 6.10 Å². The molecular formula is C12H15BrN2O3. The second-order valence-corrected chi connectivity index (χ2v) is 5.41. The lowest BCUT2D eigenvalue weighted by atomic mass is 9.97. The summed E-state index contributed by atoms with van der Waals surface area (Å²) < 4.78 is 6.47. The Morgan fingerprint density at radius 2 is 2.33 bits per heavy atom. The molecule has 0 bridgehead atoms. The number of rotatable bonds is 3. The van der Waals surface area contributed by atoms with E-state index in [-0.39, 0.29) is 11.8 Å². The Morgan fingerprint density at radius 3 is 3.00 bits per heavy atom. The summed E-state index contributed by atoms with van der Waals surface area (Å²) in [7, 11) is 0. The summed E-state index contributed by atoms with van der Waals surface area (Å²) in [5, 5.41) is 14.2. The van der Waals surface area contributed by atoms with Crippen molar-refractivity contribution in [3.05, 3.63) is 32.8 Å². The van der Waals surface area contributed by atoms with E-state index < -0.39 is 4.92 Å². The van der Waals surface area contributed by atoms with Crippen LogP contribution in [0.3, 0.4) is 0 Å². The van der Waals surface area contributed by atoms with Crippen molar-refractivity contribution in [3.8, 4) is 5.75 Å². The number of benzene rings is 1. The highest BCUT2D eigenvalue weighted by Gasteiger charge is 2.25. The smallest absolute Gasteiger partial charge is 0.312 e. The van der Waals surface area contributed by atoms with Crippen LogP contribution in [0, 0.1) is 16.0 Å². The van der Waals surface area contributed by atoms with Crippen molar-refractivity contribution in [2.24, 2.45) is 5.92 Å². The van der Waals surface area contributed by atoms with Gasteiger partial charge in [-0.15, -0.1) is 0 Å². The summed E-state index contributed by atoms with van der Waals surface area (Å²) in [6, 6.07) is 4.86. The van der Waals surface area contributed by atoms with Gasteiger partial charge in [-0.05, 0) is 31.0 Å². The monoisotopic (exact) mass is 314 g/mol. The van der Waals surface area contributed by atoms with Crippen LogP contribution in [0.1, 0.15) is 13.3 Å². The highest BCUT2D eigenvalue weighted by Crippen LogP contribution is 2.32. The van der Waals surface area contributed by atoms with Crippen LogP contribution in [-0.4, -0.2) is 24.1 Å². The predicted molar refractivity (Wildman–Crippen MR) is 71.9 cm³/mol.